The van der Waals surface area contributed by atoms with Crippen molar-refractivity contribution in [2.45, 2.75) is 5.92 Å². The van der Waals surface area contributed by atoms with Gasteiger partial charge in [-0.05, 0) is 11.6 Å². The van der Waals surface area contributed by atoms with Gasteiger partial charge in [0.2, 0.25) is 0 Å². The number of carbonyl (C=O) groups excluding carboxylic acids is 1. The molecule has 0 fully saturated rings. The normalized spacial score (nSPS) is 11.0. The van der Waals surface area contributed by atoms with Crippen molar-refractivity contribution < 1.29 is 9.53 Å². The highest BCUT2D eigenvalue weighted by molar-refractivity contribution is 6.31. The molecule has 0 spiro atoms. The van der Waals surface area contributed by atoms with E-state index in [9.17, 15) is 4.79 Å². The predicted molar refractivity (Wildman–Crippen MR) is 56.5 cm³/mol. The Morgan fingerprint density at radius 1 is 1.50 bits per heavy atom. The number of esters is 1. The molecule has 1 rings (SSSR count). The molecule has 0 saturated carbocycles. The minimum atomic E-state index is -1.13. The van der Waals surface area contributed by atoms with Crippen LogP contribution in [-0.4, -0.2) is 13.1 Å². The fourth-order valence-corrected chi connectivity index (χ4v) is 1.49. The highest BCUT2D eigenvalue weighted by atomic mass is 35.5. The quantitative estimate of drug-likeness (QED) is 0.734. The summed E-state index contributed by atoms with van der Waals surface area (Å²) in [5.41, 5.74) is 0.394. The number of benzene rings is 1. The molecule has 1 aromatic rings. The Hall–Kier alpha value is -2.04. The minimum Gasteiger partial charge on any atom is -0.468 e. The van der Waals surface area contributed by atoms with Crippen molar-refractivity contribution in [2.75, 3.05) is 7.11 Å². The molecule has 0 bridgehead atoms. The van der Waals surface area contributed by atoms with E-state index in [1.54, 1.807) is 12.1 Å². The summed E-state index contributed by atoms with van der Waals surface area (Å²) in [7, 11) is 1.18. The molecular weight excluding hydrogens is 228 g/mol. The lowest BCUT2D eigenvalue weighted by atomic mass is 9.96. The van der Waals surface area contributed by atoms with Crippen molar-refractivity contribution >= 4 is 17.6 Å². The zero-order chi connectivity index (χ0) is 12.1. The Morgan fingerprint density at radius 2 is 2.19 bits per heavy atom. The van der Waals surface area contributed by atoms with E-state index >= 15 is 0 Å². The van der Waals surface area contributed by atoms with E-state index in [4.69, 9.17) is 22.1 Å². The van der Waals surface area contributed by atoms with Crippen LogP contribution in [0.25, 0.3) is 0 Å². The van der Waals surface area contributed by atoms with Gasteiger partial charge in [-0.2, -0.15) is 10.5 Å². The third-order valence-electron chi connectivity index (χ3n) is 2.03. The van der Waals surface area contributed by atoms with Gasteiger partial charge in [0.05, 0.1) is 23.8 Å². The van der Waals surface area contributed by atoms with Crippen molar-refractivity contribution in [2.24, 2.45) is 0 Å². The number of methoxy groups -OCH3 is 1. The Bertz CT molecular complexity index is 500. The second kappa shape index (κ2) is 5.16. The highest BCUT2D eigenvalue weighted by Crippen LogP contribution is 2.26. The molecule has 0 N–H and O–H groups in total. The average Bonchev–Trinajstić information content (AvgIpc) is 2.30. The first kappa shape index (κ1) is 12.0. The molecule has 0 aliphatic rings. The number of nitrogens with zero attached hydrogens (tertiary/aromatic N) is 2. The Labute approximate surface area is 97.6 Å². The number of rotatable bonds is 2. The number of carbonyl (C=O) groups is 1. The maximum absolute atomic E-state index is 11.3. The molecule has 0 aromatic heterocycles. The molecule has 4 nitrogen and oxygen atoms in total. The molecule has 0 heterocycles. The molecule has 1 unspecified atom stereocenters. The summed E-state index contributed by atoms with van der Waals surface area (Å²) in [6.07, 6.45) is 0. The third kappa shape index (κ3) is 2.13. The van der Waals surface area contributed by atoms with E-state index in [0.717, 1.165) is 0 Å². The van der Waals surface area contributed by atoms with Crippen molar-refractivity contribution in [1.29, 1.82) is 10.5 Å². The molecule has 0 saturated heterocycles. The van der Waals surface area contributed by atoms with E-state index in [0.29, 0.717) is 0 Å². The van der Waals surface area contributed by atoms with Gasteiger partial charge in [-0.3, -0.25) is 4.79 Å². The number of hydrogen-bond donors (Lipinski definition) is 0. The predicted octanol–water partition coefficient (Wildman–Crippen LogP) is 1.99. The lowest BCUT2D eigenvalue weighted by molar-refractivity contribution is -0.141. The summed E-state index contributed by atoms with van der Waals surface area (Å²) in [4.78, 5) is 11.3. The summed E-state index contributed by atoms with van der Waals surface area (Å²) >= 11 is 5.79. The van der Waals surface area contributed by atoms with Crippen LogP contribution in [-0.2, 0) is 9.53 Å². The first-order valence-electron chi connectivity index (χ1n) is 4.31. The van der Waals surface area contributed by atoms with Gasteiger partial charge >= 0.3 is 5.97 Å². The van der Waals surface area contributed by atoms with Gasteiger partial charge in [0.25, 0.3) is 0 Å². The second-order valence-electron chi connectivity index (χ2n) is 2.90. The zero-order valence-electron chi connectivity index (χ0n) is 8.40. The van der Waals surface area contributed by atoms with E-state index in [2.05, 4.69) is 4.74 Å². The molecule has 5 heteroatoms. The standard InChI is InChI=1S/C11H7ClN2O2/c1-16-11(15)9(6-14)7-3-2-4-10(12)8(7)5-13/h2-4,9H,1H3. The Kier molecular flexibility index (Phi) is 3.88. The summed E-state index contributed by atoms with van der Waals surface area (Å²) in [6, 6.07) is 8.26. The van der Waals surface area contributed by atoms with Crippen LogP contribution in [0.1, 0.15) is 17.0 Å². The van der Waals surface area contributed by atoms with Crippen molar-refractivity contribution in [3.63, 3.8) is 0 Å². The lowest BCUT2D eigenvalue weighted by Gasteiger charge is -2.09. The van der Waals surface area contributed by atoms with Crippen molar-refractivity contribution in [3.05, 3.63) is 34.3 Å². The molecule has 1 aromatic carbocycles. The van der Waals surface area contributed by atoms with Gasteiger partial charge in [-0.15, -0.1) is 0 Å². The van der Waals surface area contributed by atoms with E-state index in [-0.39, 0.29) is 16.1 Å². The molecule has 16 heavy (non-hydrogen) atoms. The molecular formula is C11H7ClN2O2. The van der Waals surface area contributed by atoms with Gasteiger partial charge in [-0.25, -0.2) is 0 Å². The fourth-order valence-electron chi connectivity index (χ4n) is 1.27. The Balaban J connectivity index is 3.33. The van der Waals surface area contributed by atoms with Gasteiger partial charge < -0.3 is 4.74 Å². The van der Waals surface area contributed by atoms with E-state index in [1.165, 1.54) is 19.2 Å². The number of hydrogen-bond acceptors (Lipinski definition) is 4. The monoisotopic (exact) mass is 234 g/mol. The summed E-state index contributed by atoms with van der Waals surface area (Å²) in [5.74, 6) is -1.83. The Morgan fingerprint density at radius 3 is 2.69 bits per heavy atom. The summed E-state index contributed by atoms with van der Waals surface area (Å²) in [5, 5.41) is 18.0. The molecule has 0 aliphatic heterocycles. The molecule has 0 aliphatic carbocycles. The number of halogens is 1. The van der Waals surface area contributed by atoms with E-state index < -0.39 is 11.9 Å². The van der Waals surface area contributed by atoms with Crippen molar-refractivity contribution in [1.82, 2.24) is 0 Å². The van der Waals surface area contributed by atoms with Gasteiger partial charge in [0, 0.05) is 0 Å². The molecule has 0 amide bonds. The van der Waals surface area contributed by atoms with Gasteiger partial charge in [0.15, 0.2) is 5.92 Å². The zero-order valence-corrected chi connectivity index (χ0v) is 9.15. The van der Waals surface area contributed by atoms with Crippen LogP contribution >= 0.6 is 11.6 Å². The lowest BCUT2D eigenvalue weighted by Crippen LogP contribution is -2.13. The first-order valence-corrected chi connectivity index (χ1v) is 4.69. The summed E-state index contributed by atoms with van der Waals surface area (Å²) < 4.78 is 4.48. The average molecular weight is 235 g/mol. The van der Waals surface area contributed by atoms with Crippen LogP contribution in [0.5, 0.6) is 0 Å². The maximum Gasteiger partial charge on any atom is 0.327 e. The smallest absolute Gasteiger partial charge is 0.327 e. The fraction of sp³-hybridized carbons (Fsp3) is 0.182. The van der Waals surface area contributed by atoms with Crippen molar-refractivity contribution in [3.8, 4) is 12.1 Å². The third-order valence-corrected chi connectivity index (χ3v) is 2.35. The van der Waals surface area contributed by atoms with Crippen LogP contribution in [0.3, 0.4) is 0 Å². The van der Waals surface area contributed by atoms with Crippen LogP contribution in [0.2, 0.25) is 5.02 Å². The largest absolute Gasteiger partial charge is 0.468 e. The van der Waals surface area contributed by atoms with E-state index in [1.807, 2.05) is 6.07 Å². The first-order chi connectivity index (χ1) is 7.65. The van der Waals surface area contributed by atoms with Crippen LogP contribution in [0, 0.1) is 22.7 Å². The van der Waals surface area contributed by atoms with Crippen LogP contribution in [0.15, 0.2) is 18.2 Å². The molecule has 1 atom stereocenters. The SMILES string of the molecule is COC(=O)C(C#N)c1cccc(Cl)c1C#N. The van der Waals surface area contributed by atoms with Crippen LogP contribution in [0.4, 0.5) is 0 Å². The number of nitriles is 2. The second-order valence-corrected chi connectivity index (χ2v) is 3.31. The van der Waals surface area contributed by atoms with Gasteiger partial charge in [-0.1, -0.05) is 23.7 Å². The number of ether oxygens (including phenoxy) is 1. The van der Waals surface area contributed by atoms with Gasteiger partial charge in [0.1, 0.15) is 6.07 Å². The van der Waals surface area contributed by atoms with Crippen LogP contribution < -0.4 is 0 Å². The maximum atomic E-state index is 11.3. The molecule has 0 radical (unpaired) electrons. The molecule has 80 valence electrons. The summed E-state index contributed by atoms with van der Waals surface area (Å²) in [6.45, 7) is 0. The minimum absolute atomic E-state index is 0.126. The topological polar surface area (TPSA) is 73.9 Å². The highest BCUT2D eigenvalue weighted by Gasteiger charge is 2.24.